The number of halogens is 2. The third-order valence-electron chi connectivity index (χ3n) is 7.17. The van der Waals surface area contributed by atoms with E-state index in [1.807, 2.05) is 36.4 Å². The molecule has 2 atom stereocenters. The molecule has 8 heteroatoms. The Labute approximate surface area is 227 Å². The number of nitrogens with zero attached hydrogens (tertiary/aromatic N) is 3. The minimum absolute atomic E-state index is 0.110. The molecule has 0 amide bonds. The summed E-state index contributed by atoms with van der Waals surface area (Å²) in [6.45, 7) is 6.56. The van der Waals surface area contributed by atoms with Gasteiger partial charge in [0.25, 0.3) is 0 Å². The van der Waals surface area contributed by atoms with Gasteiger partial charge in [0, 0.05) is 35.2 Å². The van der Waals surface area contributed by atoms with Gasteiger partial charge in [-0.3, -0.25) is 4.98 Å². The fraction of sp³-hybridized carbons (Fsp3) is 0.286. The van der Waals surface area contributed by atoms with E-state index in [1.165, 1.54) is 5.57 Å². The molecule has 2 aliphatic heterocycles. The molecule has 0 saturated carbocycles. The lowest BCUT2D eigenvalue weighted by Gasteiger charge is -2.41. The van der Waals surface area contributed by atoms with Gasteiger partial charge in [-0.2, -0.15) is 0 Å². The molecular weight excluding hydrogens is 511 g/mol. The lowest BCUT2D eigenvalue weighted by molar-refractivity contribution is 0.415. The Kier molecular flexibility index (Phi) is 6.39. The third-order valence-corrected chi connectivity index (χ3v) is 8.10. The van der Waals surface area contributed by atoms with Crippen LogP contribution in [-0.2, 0) is 0 Å². The zero-order chi connectivity index (χ0) is 25.8. The summed E-state index contributed by atoms with van der Waals surface area (Å²) in [6, 6.07) is 15.4. The highest BCUT2D eigenvalue weighted by atomic mass is 35.5. The highest BCUT2D eigenvalue weighted by molar-refractivity contribution is 7.80. The van der Waals surface area contributed by atoms with Crippen molar-refractivity contribution in [1.82, 2.24) is 10.3 Å². The Hall–Kier alpha value is -2.80. The molecule has 2 aromatic carbocycles. The summed E-state index contributed by atoms with van der Waals surface area (Å²) in [5.41, 5.74) is 6.06. The van der Waals surface area contributed by atoms with Gasteiger partial charge >= 0.3 is 0 Å². The van der Waals surface area contributed by atoms with Crippen molar-refractivity contribution < 1.29 is 4.74 Å². The van der Waals surface area contributed by atoms with E-state index in [-0.39, 0.29) is 17.6 Å². The van der Waals surface area contributed by atoms with E-state index >= 15 is 0 Å². The van der Waals surface area contributed by atoms with E-state index in [0.717, 1.165) is 28.2 Å². The highest BCUT2D eigenvalue weighted by Gasteiger charge is 2.42. The SMILES string of the molecule is COc1ccc(N2C(=S)NC(c3ccccn3)C2c2cc3c(cc2Cl)N(C)C(C)(C)C=C3C)cc1Cl. The summed E-state index contributed by atoms with van der Waals surface area (Å²) in [5.74, 6) is 0.606. The van der Waals surface area contributed by atoms with Crippen molar-refractivity contribution in [1.29, 1.82) is 0 Å². The number of hydrogen-bond acceptors (Lipinski definition) is 4. The normalized spacial score (nSPS) is 20.6. The van der Waals surface area contributed by atoms with Crippen LogP contribution >= 0.6 is 35.4 Å². The molecule has 5 nitrogen and oxygen atoms in total. The Morgan fingerprint density at radius 3 is 2.53 bits per heavy atom. The third kappa shape index (κ3) is 4.11. The number of likely N-dealkylation sites (N-methyl/N-ethyl adjacent to an activating group) is 1. The predicted octanol–water partition coefficient (Wildman–Crippen LogP) is 7.21. The predicted molar refractivity (Wildman–Crippen MR) is 154 cm³/mol. The lowest BCUT2D eigenvalue weighted by atomic mass is 9.86. The standard InChI is InChI=1S/C28H28Cl2N4OS/c1-16-15-28(2,3)33(4)23-14-20(29)19(13-18(16)23)26-25(22-8-6-7-11-31-22)32-27(36)34(26)17-9-10-24(35-5)21(30)12-17/h6-15,25-26H,1-5H3,(H,32,36). The first-order valence-electron chi connectivity index (χ1n) is 11.7. The number of ether oxygens (including phenoxy) is 1. The number of thiocarbonyl (C=S) groups is 1. The molecule has 3 aromatic rings. The van der Waals surface area contributed by atoms with E-state index in [1.54, 1.807) is 13.3 Å². The Morgan fingerprint density at radius 1 is 1.08 bits per heavy atom. The fourth-order valence-corrected chi connectivity index (χ4v) is 6.04. The molecule has 0 bridgehead atoms. The van der Waals surface area contributed by atoms with Gasteiger partial charge in [-0.15, -0.1) is 0 Å². The molecule has 1 aromatic heterocycles. The molecule has 3 heterocycles. The molecule has 1 saturated heterocycles. The van der Waals surface area contributed by atoms with Crippen molar-refractivity contribution >= 4 is 57.5 Å². The monoisotopic (exact) mass is 538 g/mol. The van der Waals surface area contributed by atoms with Gasteiger partial charge in [-0.1, -0.05) is 35.3 Å². The Morgan fingerprint density at radius 2 is 1.86 bits per heavy atom. The van der Waals surface area contributed by atoms with Crippen LogP contribution in [-0.4, -0.2) is 29.8 Å². The number of nitrogens with one attached hydrogen (secondary N) is 1. The average molecular weight is 540 g/mol. The number of rotatable bonds is 4. The average Bonchev–Trinajstić information content (AvgIpc) is 3.19. The number of benzene rings is 2. The molecule has 186 valence electrons. The molecule has 2 unspecified atom stereocenters. The molecule has 36 heavy (non-hydrogen) atoms. The zero-order valence-electron chi connectivity index (χ0n) is 20.8. The van der Waals surface area contributed by atoms with Gasteiger partial charge in [0.15, 0.2) is 5.11 Å². The summed E-state index contributed by atoms with van der Waals surface area (Å²) in [7, 11) is 3.70. The van der Waals surface area contributed by atoms with Gasteiger partial charge in [0.2, 0.25) is 0 Å². The second-order valence-corrected chi connectivity index (χ2v) is 10.9. The van der Waals surface area contributed by atoms with Crippen molar-refractivity contribution in [3.05, 3.63) is 87.7 Å². The summed E-state index contributed by atoms with van der Waals surface area (Å²) in [6.07, 6.45) is 4.09. The smallest absolute Gasteiger partial charge is 0.174 e. The maximum atomic E-state index is 7.07. The maximum absolute atomic E-state index is 7.07. The van der Waals surface area contributed by atoms with Crippen LogP contribution in [0.25, 0.3) is 5.57 Å². The molecule has 0 aliphatic carbocycles. The van der Waals surface area contributed by atoms with Crippen molar-refractivity contribution in [2.75, 3.05) is 24.0 Å². The number of methoxy groups -OCH3 is 1. The van der Waals surface area contributed by atoms with Crippen LogP contribution in [0.4, 0.5) is 11.4 Å². The van der Waals surface area contributed by atoms with Crippen LogP contribution in [0.1, 0.15) is 49.7 Å². The molecule has 1 N–H and O–H groups in total. The van der Waals surface area contributed by atoms with E-state index in [9.17, 15) is 0 Å². The second kappa shape index (κ2) is 9.25. The quantitative estimate of drug-likeness (QED) is 0.354. The zero-order valence-corrected chi connectivity index (χ0v) is 23.2. The minimum Gasteiger partial charge on any atom is -0.495 e. The molecule has 5 rings (SSSR count). The van der Waals surface area contributed by atoms with Crippen LogP contribution in [0.15, 0.2) is 60.8 Å². The van der Waals surface area contributed by atoms with Crippen molar-refractivity contribution in [3.8, 4) is 5.75 Å². The maximum Gasteiger partial charge on any atom is 0.174 e. The van der Waals surface area contributed by atoms with Crippen LogP contribution in [0.5, 0.6) is 5.75 Å². The summed E-state index contributed by atoms with van der Waals surface area (Å²) < 4.78 is 5.37. The highest BCUT2D eigenvalue weighted by Crippen LogP contribution is 2.48. The van der Waals surface area contributed by atoms with Crippen molar-refractivity contribution in [3.63, 3.8) is 0 Å². The number of allylic oxidation sites excluding steroid dienone is 1. The van der Waals surface area contributed by atoms with Gasteiger partial charge in [-0.25, -0.2) is 0 Å². The summed E-state index contributed by atoms with van der Waals surface area (Å²) >= 11 is 19.5. The summed E-state index contributed by atoms with van der Waals surface area (Å²) in [5, 5.41) is 5.26. The largest absolute Gasteiger partial charge is 0.495 e. The van der Waals surface area contributed by atoms with Crippen molar-refractivity contribution in [2.24, 2.45) is 0 Å². The molecule has 0 radical (unpaired) electrons. The number of hydrogen-bond donors (Lipinski definition) is 1. The second-order valence-electron chi connectivity index (χ2n) is 9.75. The van der Waals surface area contributed by atoms with E-state index in [0.29, 0.717) is 20.9 Å². The molecular formula is C28H28Cl2N4OS. The van der Waals surface area contributed by atoms with Crippen LogP contribution in [0, 0.1) is 0 Å². The van der Waals surface area contributed by atoms with Crippen LogP contribution in [0.2, 0.25) is 10.0 Å². The first-order valence-corrected chi connectivity index (χ1v) is 12.9. The molecule has 0 spiro atoms. The first kappa shape index (κ1) is 24.9. The molecule has 1 fully saturated rings. The van der Waals surface area contributed by atoms with E-state index in [4.69, 9.17) is 40.2 Å². The van der Waals surface area contributed by atoms with Gasteiger partial charge in [0.05, 0.1) is 35.4 Å². The minimum atomic E-state index is -0.247. The summed E-state index contributed by atoms with van der Waals surface area (Å²) in [4.78, 5) is 8.99. The Balaban J connectivity index is 1.70. The van der Waals surface area contributed by atoms with Gasteiger partial charge < -0.3 is 19.9 Å². The van der Waals surface area contributed by atoms with Gasteiger partial charge in [0.1, 0.15) is 5.75 Å². The number of fused-ring (bicyclic) bond motifs is 1. The number of anilines is 2. The number of aromatic nitrogens is 1. The number of pyridine rings is 1. The first-order chi connectivity index (χ1) is 17.1. The molecule has 2 aliphatic rings. The Bertz CT molecular complexity index is 1380. The topological polar surface area (TPSA) is 40.6 Å². The van der Waals surface area contributed by atoms with E-state index in [2.05, 4.69) is 66.1 Å². The van der Waals surface area contributed by atoms with E-state index < -0.39 is 0 Å². The lowest BCUT2D eigenvalue weighted by Crippen LogP contribution is -2.42. The van der Waals surface area contributed by atoms with Crippen LogP contribution in [0.3, 0.4) is 0 Å². The van der Waals surface area contributed by atoms with Crippen LogP contribution < -0.4 is 19.9 Å². The fourth-order valence-electron chi connectivity index (χ4n) is 5.17. The van der Waals surface area contributed by atoms with Gasteiger partial charge in [-0.05, 0) is 86.6 Å². The van der Waals surface area contributed by atoms with Crippen molar-refractivity contribution in [2.45, 2.75) is 38.4 Å².